The van der Waals surface area contributed by atoms with Crippen molar-refractivity contribution in [2.45, 2.75) is 16.9 Å². The molecule has 0 spiro atoms. The first-order chi connectivity index (χ1) is 9.59. The quantitative estimate of drug-likeness (QED) is 0.611. The van der Waals surface area contributed by atoms with Crippen LogP contribution in [0.1, 0.15) is 0 Å². The summed E-state index contributed by atoms with van der Waals surface area (Å²) in [5, 5.41) is -0.218. The van der Waals surface area contributed by atoms with Crippen molar-refractivity contribution in [1.29, 1.82) is 0 Å². The average molecular weight is 362 g/mol. The van der Waals surface area contributed by atoms with Gasteiger partial charge in [0, 0.05) is 29.2 Å². The molecule has 0 N–H and O–H groups in total. The number of alkyl halides is 3. The molecular weight excluding hydrogens is 354 g/mol. The number of aryl methyl sites for hydroxylation is 1. The van der Waals surface area contributed by atoms with Gasteiger partial charge in [-0.1, -0.05) is 6.07 Å². The van der Waals surface area contributed by atoms with E-state index in [0.717, 1.165) is 12.3 Å². The van der Waals surface area contributed by atoms with E-state index >= 15 is 0 Å². The number of nitrogens with zero attached hydrogens (tertiary/aromatic N) is 1. The summed E-state index contributed by atoms with van der Waals surface area (Å²) in [7, 11) is 1.03. The van der Waals surface area contributed by atoms with Crippen molar-refractivity contribution < 1.29 is 26.0 Å². The van der Waals surface area contributed by atoms with Gasteiger partial charge in [-0.2, -0.15) is 13.2 Å². The number of thioether (sulfide) groups is 1. The monoisotopic (exact) mass is 361 g/mol. The fraction of sp³-hybridized carbons (Fsp3) is 0.273. The van der Waals surface area contributed by atoms with Gasteiger partial charge in [-0.15, -0.1) is 0 Å². The maximum Gasteiger partial charge on any atom is 0.441 e. The molecule has 0 bridgehead atoms. The van der Waals surface area contributed by atoms with Crippen molar-refractivity contribution >= 4 is 42.4 Å². The van der Waals surface area contributed by atoms with E-state index in [1.165, 1.54) is 16.7 Å². The number of aromatic nitrogens is 1. The summed E-state index contributed by atoms with van der Waals surface area (Å²) in [6.07, 6.45) is 1.05. The Balaban J connectivity index is 2.44. The summed E-state index contributed by atoms with van der Waals surface area (Å²) in [5.74, 6) is -1.13. The number of hydrogen-bond acceptors (Lipinski definition) is 3. The first kappa shape index (κ1) is 16.4. The van der Waals surface area contributed by atoms with Gasteiger partial charge in [0.1, 0.15) is 10.7 Å². The maximum absolute atomic E-state index is 13.8. The molecule has 0 aliphatic carbocycles. The molecule has 0 amide bonds. The van der Waals surface area contributed by atoms with Crippen LogP contribution in [0.2, 0.25) is 0 Å². The van der Waals surface area contributed by atoms with Crippen LogP contribution >= 0.6 is 22.4 Å². The lowest BCUT2D eigenvalue weighted by Crippen LogP contribution is -2.06. The molecule has 1 aromatic carbocycles. The lowest BCUT2D eigenvalue weighted by atomic mass is 10.2. The molecule has 0 fully saturated rings. The summed E-state index contributed by atoms with van der Waals surface area (Å²) in [4.78, 5) is -0.450. The zero-order chi connectivity index (χ0) is 15.8. The second-order valence-corrected chi connectivity index (χ2v) is 7.75. The summed E-state index contributed by atoms with van der Waals surface area (Å²) >= 11 is -0.239. The molecule has 10 heteroatoms. The minimum absolute atomic E-state index is 0.128. The molecule has 0 atom stereocenters. The Bertz CT molecular complexity index is 770. The van der Waals surface area contributed by atoms with Crippen molar-refractivity contribution in [3.63, 3.8) is 0 Å². The van der Waals surface area contributed by atoms with Gasteiger partial charge in [-0.25, -0.2) is 12.8 Å². The highest BCUT2D eigenvalue weighted by Crippen LogP contribution is 2.33. The molecule has 0 radical (unpaired) electrons. The second-order valence-electron chi connectivity index (χ2n) is 4.05. The van der Waals surface area contributed by atoms with Crippen LogP contribution < -0.4 is 0 Å². The van der Waals surface area contributed by atoms with Crippen LogP contribution in [0, 0.1) is 5.82 Å². The third-order valence-electron chi connectivity index (χ3n) is 2.68. The van der Waals surface area contributed by atoms with Gasteiger partial charge in [0.05, 0.1) is 10.9 Å². The summed E-state index contributed by atoms with van der Waals surface area (Å²) < 4.78 is 74.2. The maximum atomic E-state index is 13.8. The van der Waals surface area contributed by atoms with Gasteiger partial charge in [-0.05, 0) is 23.9 Å². The number of rotatable bonds is 4. The predicted molar refractivity (Wildman–Crippen MR) is 73.4 cm³/mol. The molecular formula is C11H8ClF4NO2S2. The molecule has 3 nitrogen and oxygen atoms in total. The summed E-state index contributed by atoms with van der Waals surface area (Å²) in [5.41, 5.74) is -4.20. The van der Waals surface area contributed by atoms with Crippen LogP contribution in [-0.4, -0.2) is 24.2 Å². The molecule has 0 unspecified atom stereocenters. The topological polar surface area (TPSA) is 39.1 Å². The Morgan fingerprint density at radius 1 is 1.29 bits per heavy atom. The first-order valence-electron chi connectivity index (χ1n) is 5.52. The van der Waals surface area contributed by atoms with E-state index in [2.05, 4.69) is 0 Å². The van der Waals surface area contributed by atoms with E-state index in [4.69, 9.17) is 10.7 Å². The molecule has 0 aliphatic heterocycles. The summed E-state index contributed by atoms with van der Waals surface area (Å²) in [6, 6.07) is 3.82. The van der Waals surface area contributed by atoms with E-state index in [0.29, 0.717) is 0 Å². The van der Waals surface area contributed by atoms with Crippen LogP contribution in [0.3, 0.4) is 0 Å². The molecule has 1 heterocycles. The highest BCUT2D eigenvalue weighted by Gasteiger charge is 2.28. The van der Waals surface area contributed by atoms with Crippen molar-refractivity contribution in [1.82, 2.24) is 4.57 Å². The first-order valence-corrected chi connectivity index (χ1v) is 8.82. The Labute approximate surface area is 126 Å². The van der Waals surface area contributed by atoms with Gasteiger partial charge >= 0.3 is 5.51 Å². The van der Waals surface area contributed by atoms with Crippen molar-refractivity contribution in [2.75, 3.05) is 5.75 Å². The van der Waals surface area contributed by atoms with Crippen LogP contribution in [0.25, 0.3) is 10.9 Å². The van der Waals surface area contributed by atoms with Crippen molar-refractivity contribution in [3.8, 4) is 0 Å². The van der Waals surface area contributed by atoms with Gasteiger partial charge in [-0.3, -0.25) is 0 Å². The van der Waals surface area contributed by atoms with Gasteiger partial charge in [0.25, 0.3) is 9.05 Å². The number of hydrogen-bond donors (Lipinski definition) is 0. The molecule has 2 rings (SSSR count). The van der Waals surface area contributed by atoms with Gasteiger partial charge in [0.15, 0.2) is 0 Å². The third kappa shape index (κ3) is 3.83. The van der Waals surface area contributed by atoms with Crippen LogP contribution in [0.5, 0.6) is 0 Å². The Morgan fingerprint density at radius 3 is 2.52 bits per heavy atom. The predicted octanol–water partition coefficient (Wildman–Crippen LogP) is 3.96. The van der Waals surface area contributed by atoms with Crippen LogP contribution in [0.15, 0.2) is 29.3 Å². The molecule has 0 aliphatic rings. The normalized spacial score (nSPS) is 13.0. The Hall–Kier alpha value is -0.930. The molecule has 1 aromatic heterocycles. The number of benzene rings is 1. The second kappa shape index (κ2) is 5.69. The molecule has 0 saturated carbocycles. The van der Waals surface area contributed by atoms with Crippen LogP contribution in [-0.2, 0) is 15.6 Å². The van der Waals surface area contributed by atoms with Crippen molar-refractivity contribution in [3.05, 3.63) is 30.2 Å². The van der Waals surface area contributed by atoms with Gasteiger partial charge in [0.2, 0.25) is 0 Å². The molecule has 2 aromatic rings. The SMILES string of the molecule is O=S(=O)(Cl)c1cn(CCSC(F)(F)F)c2cccc(F)c12. The lowest BCUT2D eigenvalue weighted by molar-refractivity contribution is -0.0328. The van der Waals surface area contributed by atoms with Gasteiger partial charge < -0.3 is 4.57 Å². The molecule has 116 valence electrons. The minimum Gasteiger partial charge on any atom is -0.345 e. The standard InChI is InChI=1S/C11H8ClF4NO2S2/c12-21(18,19)9-6-17(4-5-20-11(14,15)16)8-3-1-2-7(13)10(8)9/h1-3,6H,4-5H2. The zero-order valence-corrected chi connectivity index (χ0v) is 12.6. The van der Waals surface area contributed by atoms with E-state index in [1.807, 2.05) is 0 Å². The largest absolute Gasteiger partial charge is 0.441 e. The average Bonchev–Trinajstić information content (AvgIpc) is 2.68. The van der Waals surface area contributed by atoms with E-state index < -0.39 is 25.3 Å². The van der Waals surface area contributed by atoms with E-state index in [1.54, 1.807) is 0 Å². The Morgan fingerprint density at radius 2 is 1.95 bits per heavy atom. The molecule has 21 heavy (non-hydrogen) atoms. The smallest absolute Gasteiger partial charge is 0.345 e. The Kier molecular flexibility index (Phi) is 4.46. The summed E-state index contributed by atoms with van der Waals surface area (Å²) in [6.45, 7) is -0.128. The zero-order valence-electron chi connectivity index (χ0n) is 10.2. The lowest BCUT2D eigenvalue weighted by Gasteiger charge is -2.07. The third-order valence-corrected chi connectivity index (χ3v) is 4.73. The fourth-order valence-electron chi connectivity index (χ4n) is 1.90. The van der Waals surface area contributed by atoms with Crippen molar-refractivity contribution in [2.24, 2.45) is 0 Å². The minimum atomic E-state index is -4.38. The fourth-order valence-corrected chi connectivity index (χ4v) is 3.47. The molecule has 0 saturated heterocycles. The van der Waals surface area contributed by atoms with E-state index in [-0.39, 0.29) is 35.0 Å². The number of halogens is 5. The number of fused-ring (bicyclic) bond motifs is 1. The van der Waals surface area contributed by atoms with Crippen LogP contribution in [0.4, 0.5) is 17.6 Å². The van der Waals surface area contributed by atoms with E-state index in [9.17, 15) is 26.0 Å². The highest BCUT2D eigenvalue weighted by molar-refractivity contribution is 8.14. The highest BCUT2D eigenvalue weighted by atomic mass is 35.7.